The van der Waals surface area contributed by atoms with Crippen LogP contribution in [0.25, 0.3) is 0 Å². The molecule has 2 atom stereocenters. The molecule has 4 nitrogen and oxygen atoms in total. The third-order valence-electron chi connectivity index (χ3n) is 3.82. The van der Waals surface area contributed by atoms with Gasteiger partial charge in [0.2, 0.25) is 0 Å². The molecule has 1 aliphatic rings. The lowest BCUT2D eigenvalue weighted by molar-refractivity contribution is 0.0682. The molecule has 1 N–H and O–H groups in total. The number of rotatable bonds is 9. The minimum Gasteiger partial charge on any atom is -0.383 e. The van der Waals surface area contributed by atoms with Crippen LogP contribution < -0.4 is 5.32 Å². The van der Waals surface area contributed by atoms with Crippen LogP contribution in [0.5, 0.6) is 0 Å². The van der Waals surface area contributed by atoms with E-state index in [0.717, 1.165) is 32.8 Å². The Hall–Kier alpha value is -0.160. The molecule has 0 spiro atoms. The largest absolute Gasteiger partial charge is 0.383 e. The topological polar surface area (TPSA) is 33.7 Å². The Morgan fingerprint density at radius 1 is 1.11 bits per heavy atom. The molecule has 0 amide bonds. The number of methoxy groups -OCH3 is 2. The molecule has 0 aromatic rings. The van der Waals surface area contributed by atoms with Crippen LogP contribution in [0.2, 0.25) is 0 Å². The number of nitrogens with zero attached hydrogens (tertiary/aromatic N) is 1. The summed E-state index contributed by atoms with van der Waals surface area (Å²) in [5, 5.41) is 3.59. The van der Waals surface area contributed by atoms with Crippen molar-refractivity contribution in [3.63, 3.8) is 0 Å². The minimum atomic E-state index is 0.688. The van der Waals surface area contributed by atoms with Gasteiger partial charge < -0.3 is 14.8 Å². The van der Waals surface area contributed by atoms with Crippen molar-refractivity contribution < 1.29 is 9.47 Å². The van der Waals surface area contributed by atoms with Gasteiger partial charge in [-0.15, -0.1) is 0 Å². The molecule has 108 valence electrons. The minimum absolute atomic E-state index is 0.688. The highest BCUT2D eigenvalue weighted by Crippen LogP contribution is 2.23. The predicted molar refractivity (Wildman–Crippen MR) is 75.0 cm³/mol. The van der Waals surface area contributed by atoms with Crippen molar-refractivity contribution in [2.45, 2.75) is 44.7 Å². The Bertz CT molecular complexity index is 192. The van der Waals surface area contributed by atoms with E-state index in [1.165, 1.54) is 25.7 Å². The maximum atomic E-state index is 5.22. The second kappa shape index (κ2) is 9.73. The monoisotopic (exact) mass is 258 g/mol. The van der Waals surface area contributed by atoms with Gasteiger partial charge in [0.05, 0.1) is 13.2 Å². The fourth-order valence-corrected chi connectivity index (χ4v) is 2.86. The average molecular weight is 258 g/mol. The summed E-state index contributed by atoms with van der Waals surface area (Å²) in [6.45, 7) is 6.93. The van der Waals surface area contributed by atoms with Crippen LogP contribution in [0.15, 0.2) is 0 Å². The van der Waals surface area contributed by atoms with E-state index in [4.69, 9.17) is 9.47 Å². The highest BCUT2D eigenvalue weighted by Gasteiger charge is 2.25. The normalized spacial score (nSPS) is 24.7. The van der Waals surface area contributed by atoms with Crippen molar-refractivity contribution in [3.8, 4) is 0 Å². The number of hydrogen-bond acceptors (Lipinski definition) is 4. The molecule has 0 saturated heterocycles. The summed E-state index contributed by atoms with van der Waals surface area (Å²) in [6.07, 6.45) is 5.24. The van der Waals surface area contributed by atoms with Crippen molar-refractivity contribution >= 4 is 0 Å². The van der Waals surface area contributed by atoms with Crippen molar-refractivity contribution in [1.82, 2.24) is 10.2 Å². The zero-order valence-corrected chi connectivity index (χ0v) is 12.3. The molecule has 2 unspecified atom stereocenters. The quantitative estimate of drug-likeness (QED) is 0.679. The summed E-state index contributed by atoms with van der Waals surface area (Å²) in [6, 6.07) is 1.38. The Balaban J connectivity index is 2.42. The Morgan fingerprint density at radius 3 is 2.33 bits per heavy atom. The summed E-state index contributed by atoms with van der Waals surface area (Å²) in [5.41, 5.74) is 0. The van der Waals surface area contributed by atoms with E-state index in [-0.39, 0.29) is 0 Å². The molecule has 0 heterocycles. The smallest absolute Gasteiger partial charge is 0.0589 e. The standard InChI is InChI=1S/C14H30N2O2/c1-4-15-13-6-5-7-14(12-13)16(8-10-17-2)9-11-18-3/h13-15H,4-12H2,1-3H3. The third kappa shape index (κ3) is 5.65. The van der Waals surface area contributed by atoms with Crippen LogP contribution in [0.4, 0.5) is 0 Å². The van der Waals surface area contributed by atoms with Crippen molar-refractivity contribution in [2.75, 3.05) is 47.1 Å². The number of nitrogens with one attached hydrogen (secondary N) is 1. The number of hydrogen-bond donors (Lipinski definition) is 1. The Morgan fingerprint density at radius 2 is 1.78 bits per heavy atom. The van der Waals surface area contributed by atoms with Crippen LogP contribution in [-0.4, -0.2) is 64.1 Å². The molecule has 1 rings (SSSR count). The van der Waals surface area contributed by atoms with Gasteiger partial charge in [-0.3, -0.25) is 4.90 Å². The van der Waals surface area contributed by atoms with Gasteiger partial charge in [-0.2, -0.15) is 0 Å². The van der Waals surface area contributed by atoms with Gasteiger partial charge in [-0.1, -0.05) is 13.3 Å². The second-order valence-corrected chi connectivity index (χ2v) is 5.10. The summed E-state index contributed by atoms with van der Waals surface area (Å²) >= 11 is 0. The summed E-state index contributed by atoms with van der Waals surface area (Å²) in [4.78, 5) is 2.54. The van der Waals surface area contributed by atoms with Crippen molar-refractivity contribution in [1.29, 1.82) is 0 Å². The summed E-state index contributed by atoms with van der Waals surface area (Å²) in [7, 11) is 3.55. The molecule has 4 heteroatoms. The fourth-order valence-electron chi connectivity index (χ4n) is 2.86. The third-order valence-corrected chi connectivity index (χ3v) is 3.82. The molecule has 0 aromatic heterocycles. The molecule has 1 aliphatic carbocycles. The maximum absolute atomic E-state index is 5.22. The predicted octanol–water partition coefficient (Wildman–Crippen LogP) is 1.50. The van der Waals surface area contributed by atoms with Crippen LogP contribution in [0, 0.1) is 0 Å². The van der Waals surface area contributed by atoms with Gasteiger partial charge in [0.15, 0.2) is 0 Å². The van der Waals surface area contributed by atoms with E-state index in [0.29, 0.717) is 12.1 Å². The van der Waals surface area contributed by atoms with Gasteiger partial charge in [-0.25, -0.2) is 0 Å². The number of ether oxygens (including phenoxy) is 2. The molecule has 1 fully saturated rings. The highest BCUT2D eigenvalue weighted by molar-refractivity contribution is 4.83. The van der Waals surface area contributed by atoms with E-state index in [9.17, 15) is 0 Å². The second-order valence-electron chi connectivity index (χ2n) is 5.10. The molecule has 1 saturated carbocycles. The molecule has 0 aliphatic heterocycles. The van der Waals surface area contributed by atoms with Gasteiger partial charge in [0.1, 0.15) is 0 Å². The zero-order valence-electron chi connectivity index (χ0n) is 12.3. The van der Waals surface area contributed by atoms with Crippen molar-refractivity contribution in [3.05, 3.63) is 0 Å². The first kappa shape index (κ1) is 15.9. The van der Waals surface area contributed by atoms with Gasteiger partial charge in [0.25, 0.3) is 0 Å². The van der Waals surface area contributed by atoms with E-state index in [2.05, 4.69) is 17.1 Å². The van der Waals surface area contributed by atoms with E-state index in [1.807, 2.05) is 0 Å². The first-order valence-corrected chi connectivity index (χ1v) is 7.27. The highest BCUT2D eigenvalue weighted by atomic mass is 16.5. The van der Waals surface area contributed by atoms with Gasteiger partial charge in [0, 0.05) is 39.4 Å². The van der Waals surface area contributed by atoms with E-state index in [1.54, 1.807) is 14.2 Å². The molecule has 0 bridgehead atoms. The van der Waals surface area contributed by atoms with E-state index < -0.39 is 0 Å². The fraction of sp³-hybridized carbons (Fsp3) is 1.00. The molecular weight excluding hydrogens is 228 g/mol. The average Bonchev–Trinajstić information content (AvgIpc) is 2.40. The lowest BCUT2D eigenvalue weighted by atomic mass is 9.90. The Labute approximate surface area is 112 Å². The van der Waals surface area contributed by atoms with Crippen LogP contribution in [0.1, 0.15) is 32.6 Å². The van der Waals surface area contributed by atoms with E-state index >= 15 is 0 Å². The molecule has 0 aromatic carbocycles. The summed E-state index contributed by atoms with van der Waals surface area (Å²) < 4.78 is 10.4. The van der Waals surface area contributed by atoms with Gasteiger partial charge >= 0.3 is 0 Å². The van der Waals surface area contributed by atoms with Gasteiger partial charge in [-0.05, 0) is 25.8 Å². The first-order valence-electron chi connectivity index (χ1n) is 7.27. The SMILES string of the molecule is CCNC1CCCC(N(CCOC)CCOC)C1. The maximum Gasteiger partial charge on any atom is 0.0589 e. The Kier molecular flexibility index (Phi) is 8.59. The van der Waals surface area contributed by atoms with Crippen LogP contribution >= 0.6 is 0 Å². The molecule has 0 radical (unpaired) electrons. The summed E-state index contributed by atoms with van der Waals surface area (Å²) in [5.74, 6) is 0. The van der Waals surface area contributed by atoms with Crippen LogP contribution in [-0.2, 0) is 9.47 Å². The zero-order chi connectivity index (χ0) is 13.2. The van der Waals surface area contributed by atoms with Crippen molar-refractivity contribution in [2.24, 2.45) is 0 Å². The lowest BCUT2D eigenvalue weighted by Crippen LogP contribution is -2.46. The molecular formula is C14H30N2O2. The lowest BCUT2D eigenvalue weighted by Gasteiger charge is -2.37. The first-order chi connectivity index (χ1) is 8.81. The van der Waals surface area contributed by atoms with Crippen LogP contribution in [0.3, 0.4) is 0 Å². The molecule has 18 heavy (non-hydrogen) atoms.